The van der Waals surface area contributed by atoms with E-state index in [2.05, 4.69) is 10.2 Å². The van der Waals surface area contributed by atoms with Gasteiger partial charge < -0.3 is 15.3 Å². The van der Waals surface area contributed by atoms with Crippen LogP contribution in [0.3, 0.4) is 0 Å². The average molecular weight is 309 g/mol. The van der Waals surface area contributed by atoms with Gasteiger partial charge in [-0.2, -0.15) is 0 Å². The Morgan fingerprint density at radius 1 is 1.24 bits per heavy atom. The first-order chi connectivity index (χ1) is 9.88. The molecular formula is C13H15N3O4S. The Hall–Kier alpha value is -2.22. The number of rotatable bonds is 5. The van der Waals surface area contributed by atoms with Crippen LogP contribution in [0, 0.1) is 0 Å². The summed E-state index contributed by atoms with van der Waals surface area (Å²) in [5, 5.41) is 36.4. The van der Waals surface area contributed by atoms with Gasteiger partial charge in [-0.25, -0.2) is 0 Å². The van der Waals surface area contributed by atoms with Crippen LogP contribution >= 0.6 is 11.8 Å². The third-order valence-electron chi connectivity index (χ3n) is 2.67. The molecule has 0 aliphatic carbocycles. The van der Waals surface area contributed by atoms with E-state index in [1.807, 2.05) is 13.8 Å². The molecule has 0 aliphatic rings. The van der Waals surface area contributed by atoms with Crippen molar-refractivity contribution < 1.29 is 20.1 Å². The lowest BCUT2D eigenvalue weighted by atomic mass is 10.2. The van der Waals surface area contributed by atoms with Crippen molar-refractivity contribution in [3.05, 3.63) is 18.2 Å². The fraction of sp³-hybridized carbons (Fsp3) is 0.308. The molecule has 0 fully saturated rings. The highest BCUT2D eigenvalue weighted by Crippen LogP contribution is 2.31. The Bertz CT molecular complexity index is 649. The topological polar surface area (TPSA) is 108 Å². The number of hydrogen-bond acceptors (Lipinski definition) is 6. The molecule has 2 aromatic rings. The number of carboxylic acid groups (broad SMARTS) is 1. The zero-order valence-electron chi connectivity index (χ0n) is 11.5. The first-order valence-corrected chi connectivity index (χ1v) is 7.20. The zero-order chi connectivity index (χ0) is 15.6. The lowest BCUT2D eigenvalue weighted by molar-refractivity contribution is -0.133. The van der Waals surface area contributed by atoms with Gasteiger partial charge >= 0.3 is 5.97 Å². The van der Waals surface area contributed by atoms with Crippen LogP contribution in [0.5, 0.6) is 11.5 Å². The molecular weight excluding hydrogens is 294 g/mol. The van der Waals surface area contributed by atoms with E-state index in [1.165, 1.54) is 18.2 Å². The van der Waals surface area contributed by atoms with Crippen LogP contribution in [0.4, 0.5) is 0 Å². The third-order valence-corrected chi connectivity index (χ3v) is 3.59. The van der Waals surface area contributed by atoms with E-state index in [1.54, 1.807) is 4.57 Å². The van der Waals surface area contributed by atoms with E-state index in [9.17, 15) is 15.0 Å². The molecule has 0 atom stereocenters. The van der Waals surface area contributed by atoms with E-state index in [-0.39, 0.29) is 23.3 Å². The number of nitrogens with zero attached hydrogens (tertiary/aromatic N) is 3. The molecule has 0 unspecified atom stereocenters. The molecule has 0 saturated carbocycles. The fourth-order valence-electron chi connectivity index (χ4n) is 1.89. The molecule has 0 aliphatic heterocycles. The minimum atomic E-state index is -0.935. The fourth-order valence-corrected chi connectivity index (χ4v) is 2.68. The number of carboxylic acids is 1. The van der Waals surface area contributed by atoms with Gasteiger partial charge in [0.2, 0.25) is 0 Å². The Labute approximate surface area is 125 Å². The van der Waals surface area contributed by atoms with E-state index in [4.69, 9.17) is 5.11 Å². The molecule has 112 valence electrons. The summed E-state index contributed by atoms with van der Waals surface area (Å²) in [4.78, 5) is 10.7. The second-order valence-corrected chi connectivity index (χ2v) is 5.63. The van der Waals surface area contributed by atoms with Gasteiger partial charge in [-0.15, -0.1) is 10.2 Å². The van der Waals surface area contributed by atoms with Gasteiger partial charge in [0.05, 0.1) is 5.75 Å². The molecule has 0 radical (unpaired) electrons. The van der Waals surface area contributed by atoms with Gasteiger partial charge in [-0.05, 0) is 26.0 Å². The third kappa shape index (κ3) is 3.46. The predicted molar refractivity (Wildman–Crippen MR) is 77.5 cm³/mol. The molecule has 0 saturated heterocycles. The minimum Gasteiger partial charge on any atom is -0.508 e. The summed E-state index contributed by atoms with van der Waals surface area (Å²) in [6.45, 7) is 3.83. The normalized spacial score (nSPS) is 11.0. The SMILES string of the molecule is CC(C)n1c(SCC(=O)O)nnc1-c1cc(O)cc(O)c1. The average Bonchev–Trinajstić information content (AvgIpc) is 2.78. The van der Waals surface area contributed by atoms with Crippen molar-refractivity contribution in [2.45, 2.75) is 25.0 Å². The van der Waals surface area contributed by atoms with Crippen molar-refractivity contribution >= 4 is 17.7 Å². The second-order valence-electron chi connectivity index (χ2n) is 4.69. The molecule has 1 aromatic carbocycles. The first-order valence-electron chi connectivity index (χ1n) is 6.21. The van der Waals surface area contributed by atoms with E-state index >= 15 is 0 Å². The monoisotopic (exact) mass is 309 g/mol. The predicted octanol–water partition coefficient (Wildman–Crippen LogP) is 2.11. The minimum absolute atomic E-state index is 0.00390. The second kappa shape index (κ2) is 6.04. The Balaban J connectivity index is 2.46. The van der Waals surface area contributed by atoms with Crippen molar-refractivity contribution in [3.8, 4) is 22.9 Å². The van der Waals surface area contributed by atoms with Crippen LogP contribution in [-0.2, 0) is 4.79 Å². The Morgan fingerprint density at radius 3 is 2.38 bits per heavy atom. The largest absolute Gasteiger partial charge is 0.508 e. The number of hydrogen-bond donors (Lipinski definition) is 3. The van der Waals surface area contributed by atoms with Crippen molar-refractivity contribution in [3.63, 3.8) is 0 Å². The summed E-state index contributed by atoms with van der Waals surface area (Å²) < 4.78 is 1.77. The van der Waals surface area contributed by atoms with Gasteiger partial charge in [-0.3, -0.25) is 9.36 Å². The molecule has 0 bridgehead atoms. The van der Waals surface area contributed by atoms with E-state index < -0.39 is 5.97 Å². The van der Waals surface area contributed by atoms with E-state index in [0.717, 1.165) is 11.8 Å². The maximum Gasteiger partial charge on any atom is 0.313 e. The van der Waals surface area contributed by atoms with Gasteiger partial charge in [0.15, 0.2) is 11.0 Å². The summed E-state index contributed by atoms with van der Waals surface area (Å²) in [5.41, 5.74) is 0.510. The zero-order valence-corrected chi connectivity index (χ0v) is 12.3. The van der Waals surface area contributed by atoms with Gasteiger partial charge in [0.1, 0.15) is 11.5 Å². The van der Waals surface area contributed by atoms with Crippen LogP contribution in [0.15, 0.2) is 23.4 Å². The summed E-state index contributed by atoms with van der Waals surface area (Å²) in [6, 6.07) is 4.15. The summed E-state index contributed by atoms with van der Waals surface area (Å²) >= 11 is 1.07. The molecule has 1 aromatic heterocycles. The number of aromatic hydroxyl groups is 2. The first kappa shape index (κ1) is 15.2. The smallest absolute Gasteiger partial charge is 0.313 e. The number of aromatic nitrogens is 3. The van der Waals surface area contributed by atoms with Crippen molar-refractivity contribution in [1.29, 1.82) is 0 Å². The Morgan fingerprint density at radius 2 is 1.86 bits per heavy atom. The standard InChI is InChI=1S/C13H15N3O4S/c1-7(2)16-12(8-3-9(17)5-10(18)4-8)14-15-13(16)21-6-11(19)20/h3-5,7,17-18H,6H2,1-2H3,(H,19,20). The molecule has 7 nitrogen and oxygen atoms in total. The number of benzene rings is 1. The molecule has 0 amide bonds. The number of phenolic OH excluding ortho intramolecular Hbond substituents is 2. The number of aliphatic carboxylic acids is 1. The molecule has 3 N–H and O–H groups in total. The summed E-state index contributed by atoms with van der Waals surface area (Å²) in [6.07, 6.45) is 0. The maximum absolute atomic E-state index is 10.7. The molecule has 2 rings (SSSR count). The van der Waals surface area contributed by atoms with Crippen LogP contribution in [0.1, 0.15) is 19.9 Å². The van der Waals surface area contributed by atoms with Gasteiger partial charge in [0, 0.05) is 17.7 Å². The van der Waals surface area contributed by atoms with Crippen LogP contribution in [0.2, 0.25) is 0 Å². The van der Waals surface area contributed by atoms with Crippen molar-refractivity contribution in [2.75, 3.05) is 5.75 Å². The Kier molecular flexibility index (Phi) is 4.37. The highest BCUT2D eigenvalue weighted by Gasteiger charge is 2.18. The number of thioether (sulfide) groups is 1. The van der Waals surface area contributed by atoms with Crippen molar-refractivity contribution in [2.24, 2.45) is 0 Å². The van der Waals surface area contributed by atoms with E-state index in [0.29, 0.717) is 16.5 Å². The summed E-state index contributed by atoms with van der Waals surface area (Å²) in [7, 11) is 0. The molecule has 21 heavy (non-hydrogen) atoms. The lowest BCUT2D eigenvalue weighted by Gasteiger charge is -2.13. The lowest BCUT2D eigenvalue weighted by Crippen LogP contribution is -2.07. The number of phenols is 2. The molecule has 1 heterocycles. The molecule has 0 spiro atoms. The van der Waals surface area contributed by atoms with Crippen LogP contribution in [-0.4, -0.2) is 41.8 Å². The van der Waals surface area contributed by atoms with Gasteiger partial charge in [-0.1, -0.05) is 11.8 Å². The number of carbonyl (C=O) groups is 1. The summed E-state index contributed by atoms with van der Waals surface area (Å²) in [5.74, 6) is -0.749. The highest BCUT2D eigenvalue weighted by atomic mass is 32.2. The van der Waals surface area contributed by atoms with Gasteiger partial charge in [0.25, 0.3) is 0 Å². The maximum atomic E-state index is 10.7. The van der Waals surface area contributed by atoms with Crippen LogP contribution in [0.25, 0.3) is 11.4 Å². The van der Waals surface area contributed by atoms with Crippen molar-refractivity contribution in [1.82, 2.24) is 14.8 Å². The van der Waals surface area contributed by atoms with Crippen LogP contribution < -0.4 is 0 Å². The highest BCUT2D eigenvalue weighted by molar-refractivity contribution is 7.99. The molecule has 8 heteroatoms. The quantitative estimate of drug-likeness (QED) is 0.726.